The molecule has 0 saturated heterocycles. The molecular formula is C10H23NO. The molecule has 0 saturated carbocycles. The van der Waals surface area contributed by atoms with Gasteiger partial charge in [0.25, 0.3) is 0 Å². The van der Waals surface area contributed by atoms with Crippen LogP contribution in [0.2, 0.25) is 0 Å². The van der Waals surface area contributed by atoms with E-state index in [1.165, 1.54) is 0 Å². The number of hydrogen-bond acceptors (Lipinski definition) is 2. The number of hydrogen-bond donors (Lipinski definition) is 1. The molecule has 0 unspecified atom stereocenters. The van der Waals surface area contributed by atoms with Crippen LogP contribution in [0.15, 0.2) is 0 Å². The lowest BCUT2D eigenvalue weighted by Gasteiger charge is -2.24. The summed E-state index contributed by atoms with van der Waals surface area (Å²) < 4.78 is 5.50. The Morgan fingerprint density at radius 3 is 2.33 bits per heavy atom. The minimum absolute atomic E-state index is 0.351. The van der Waals surface area contributed by atoms with E-state index < -0.39 is 0 Å². The first-order valence-electron chi connectivity index (χ1n) is 4.74. The van der Waals surface area contributed by atoms with Crippen molar-refractivity contribution in [3.05, 3.63) is 0 Å². The SMILES string of the molecule is CNCC(C)(C)CCOC(C)C. The Hall–Kier alpha value is -0.0800. The first kappa shape index (κ1) is 11.9. The maximum atomic E-state index is 5.50. The monoisotopic (exact) mass is 173 g/mol. The Kier molecular flexibility index (Phi) is 5.51. The maximum Gasteiger partial charge on any atom is 0.0518 e. The predicted molar refractivity (Wildman–Crippen MR) is 53.4 cm³/mol. The van der Waals surface area contributed by atoms with Crippen molar-refractivity contribution in [3.63, 3.8) is 0 Å². The summed E-state index contributed by atoms with van der Waals surface area (Å²) in [7, 11) is 1.99. The molecule has 2 heteroatoms. The van der Waals surface area contributed by atoms with Crippen LogP contribution >= 0.6 is 0 Å². The van der Waals surface area contributed by atoms with Gasteiger partial charge in [-0.1, -0.05) is 13.8 Å². The summed E-state index contributed by atoms with van der Waals surface area (Å²) in [5.41, 5.74) is 0.351. The van der Waals surface area contributed by atoms with Crippen molar-refractivity contribution in [2.24, 2.45) is 5.41 Å². The number of rotatable bonds is 6. The largest absolute Gasteiger partial charge is 0.379 e. The van der Waals surface area contributed by atoms with Crippen molar-refractivity contribution in [3.8, 4) is 0 Å². The average Bonchev–Trinajstić information content (AvgIpc) is 1.85. The molecule has 0 aliphatic carbocycles. The van der Waals surface area contributed by atoms with Crippen LogP contribution in [-0.4, -0.2) is 26.3 Å². The van der Waals surface area contributed by atoms with Gasteiger partial charge in [-0.15, -0.1) is 0 Å². The van der Waals surface area contributed by atoms with E-state index in [0.29, 0.717) is 11.5 Å². The molecule has 0 aromatic rings. The van der Waals surface area contributed by atoms with Gasteiger partial charge in [0.05, 0.1) is 6.10 Å². The highest BCUT2D eigenvalue weighted by Gasteiger charge is 2.16. The zero-order valence-corrected chi connectivity index (χ0v) is 9.11. The van der Waals surface area contributed by atoms with Gasteiger partial charge in [-0.2, -0.15) is 0 Å². The molecule has 0 radical (unpaired) electrons. The van der Waals surface area contributed by atoms with Crippen molar-refractivity contribution in [2.45, 2.75) is 40.2 Å². The van der Waals surface area contributed by atoms with Crippen molar-refractivity contribution in [1.82, 2.24) is 5.32 Å². The Morgan fingerprint density at radius 2 is 1.92 bits per heavy atom. The lowest BCUT2D eigenvalue weighted by atomic mass is 9.90. The molecule has 12 heavy (non-hydrogen) atoms. The van der Waals surface area contributed by atoms with Gasteiger partial charge in [0.1, 0.15) is 0 Å². The second kappa shape index (κ2) is 5.55. The van der Waals surface area contributed by atoms with Gasteiger partial charge in [-0.25, -0.2) is 0 Å². The van der Waals surface area contributed by atoms with E-state index in [1.807, 2.05) is 7.05 Å². The Bertz CT molecular complexity index is 110. The van der Waals surface area contributed by atoms with E-state index in [4.69, 9.17) is 4.74 Å². The van der Waals surface area contributed by atoms with Gasteiger partial charge in [0, 0.05) is 13.2 Å². The second-order valence-electron chi connectivity index (χ2n) is 4.36. The topological polar surface area (TPSA) is 21.3 Å². The third-order valence-electron chi connectivity index (χ3n) is 1.89. The molecule has 0 bridgehead atoms. The van der Waals surface area contributed by atoms with Crippen molar-refractivity contribution in [1.29, 1.82) is 0 Å². The molecule has 0 amide bonds. The maximum absolute atomic E-state index is 5.50. The Morgan fingerprint density at radius 1 is 1.33 bits per heavy atom. The molecule has 74 valence electrons. The highest BCUT2D eigenvalue weighted by atomic mass is 16.5. The standard InChI is InChI=1S/C10H23NO/c1-9(2)12-7-6-10(3,4)8-11-5/h9,11H,6-8H2,1-5H3. The van der Waals surface area contributed by atoms with Crippen LogP contribution in [0.4, 0.5) is 0 Å². The Labute approximate surface area is 76.7 Å². The summed E-state index contributed by atoms with van der Waals surface area (Å²) in [6.07, 6.45) is 1.47. The van der Waals surface area contributed by atoms with E-state index in [0.717, 1.165) is 19.6 Å². The van der Waals surface area contributed by atoms with Crippen LogP contribution in [-0.2, 0) is 4.74 Å². The summed E-state index contributed by atoms with van der Waals surface area (Å²) in [5, 5.41) is 3.19. The molecule has 0 aromatic carbocycles. The zero-order valence-electron chi connectivity index (χ0n) is 9.11. The molecule has 0 aliphatic rings. The van der Waals surface area contributed by atoms with Crippen LogP contribution in [0.3, 0.4) is 0 Å². The van der Waals surface area contributed by atoms with E-state index in [1.54, 1.807) is 0 Å². The number of ether oxygens (including phenoxy) is 1. The van der Waals surface area contributed by atoms with E-state index in [2.05, 4.69) is 33.0 Å². The first-order chi connectivity index (χ1) is 5.48. The van der Waals surface area contributed by atoms with Crippen molar-refractivity contribution < 1.29 is 4.74 Å². The van der Waals surface area contributed by atoms with Crippen LogP contribution in [0.1, 0.15) is 34.1 Å². The van der Waals surface area contributed by atoms with E-state index >= 15 is 0 Å². The fraction of sp³-hybridized carbons (Fsp3) is 1.00. The van der Waals surface area contributed by atoms with Gasteiger partial charge >= 0.3 is 0 Å². The molecule has 1 N–H and O–H groups in total. The van der Waals surface area contributed by atoms with E-state index in [9.17, 15) is 0 Å². The van der Waals surface area contributed by atoms with Crippen molar-refractivity contribution >= 4 is 0 Å². The molecule has 0 atom stereocenters. The smallest absolute Gasteiger partial charge is 0.0518 e. The number of nitrogens with one attached hydrogen (secondary N) is 1. The lowest BCUT2D eigenvalue weighted by molar-refractivity contribution is 0.0577. The van der Waals surface area contributed by atoms with Crippen LogP contribution < -0.4 is 5.32 Å². The average molecular weight is 173 g/mol. The third-order valence-corrected chi connectivity index (χ3v) is 1.89. The Balaban J connectivity index is 3.46. The fourth-order valence-corrected chi connectivity index (χ4v) is 1.14. The van der Waals surface area contributed by atoms with Crippen molar-refractivity contribution in [2.75, 3.05) is 20.2 Å². The highest BCUT2D eigenvalue weighted by Crippen LogP contribution is 2.18. The fourth-order valence-electron chi connectivity index (χ4n) is 1.14. The van der Waals surface area contributed by atoms with Gasteiger partial charge in [0.2, 0.25) is 0 Å². The normalized spacial score (nSPS) is 12.5. The van der Waals surface area contributed by atoms with Crippen LogP contribution in [0, 0.1) is 5.41 Å². The molecular weight excluding hydrogens is 150 g/mol. The van der Waals surface area contributed by atoms with Crippen LogP contribution in [0.25, 0.3) is 0 Å². The molecule has 0 aliphatic heterocycles. The predicted octanol–water partition coefficient (Wildman–Crippen LogP) is 2.05. The summed E-state index contributed by atoms with van der Waals surface area (Å²) >= 11 is 0. The summed E-state index contributed by atoms with van der Waals surface area (Å²) in [4.78, 5) is 0. The summed E-state index contributed by atoms with van der Waals surface area (Å²) in [6, 6.07) is 0. The summed E-state index contributed by atoms with van der Waals surface area (Å²) in [5.74, 6) is 0. The van der Waals surface area contributed by atoms with Gasteiger partial charge < -0.3 is 10.1 Å². The molecule has 0 heterocycles. The summed E-state index contributed by atoms with van der Waals surface area (Å²) in [6.45, 7) is 10.6. The lowest BCUT2D eigenvalue weighted by Crippen LogP contribution is -2.28. The first-order valence-corrected chi connectivity index (χ1v) is 4.74. The van der Waals surface area contributed by atoms with Gasteiger partial charge in [-0.3, -0.25) is 0 Å². The molecule has 0 aromatic heterocycles. The minimum atomic E-state index is 0.351. The van der Waals surface area contributed by atoms with Crippen LogP contribution in [0.5, 0.6) is 0 Å². The third kappa shape index (κ3) is 6.62. The molecule has 0 fully saturated rings. The van der Waals surface area contributed by atoms with E-state index in [-0.39, 0.29) is 0 Å². The second-order valence-corrected chi connectivity index (χ2v) is 4.36. The highest BCUT2D eigenvalue weighted by molar-refractivity contribution is 4.69. The van der Waals surface area contributed by atoms with Gasteiger partial charge in [0.15, 0.2) is 0 Å². The molecule has 0 rings (SSSR count). The minimum Gasteiger partial charge on any atom is -0.379 e. The van der Waals surface area contributed by atoms with Gasteiger partial charge in [-0.05, 0) is 32.7 Å². The quantitative estimate of drug-likeness (QED) is 0.663. The molecule has 0 spiro atoms. The zero-order chi connectivity index (χ0) is 9.61. The molecule has 2 nitrogen and oxygen atoms in total.